The van der Waals surface area contributed by atoms with Crippen LogP contribution in [0.3, 0.4) is 0 Å². The van der Waals surface area contributed by atoms with Gasteiger partial charge in [-0.2, -0.15) is 0 Å². The number of methoxy groups -OCH3 is 1. The first-order chi connectivity index (χ1) is 18.7. The summed E-state index contributed by atoms with van der Waals surface area (Å²) in [6, 6.07) is 10.2. The molecule has 2 aliphatic rings. The van der Waals surface area contributed by atoms with Crippen LogP contribution in [0, 0.1) is 19.3 Å². The zero-order chi connectivity index (χ0) is 29.8. The number of carbonyl (C=O) groups excluding carboxylic acids is 1. The molecule has 1 saturated heterocycles. The number of carbonyl (C=O) groups is 3. The Kier molecular flexibility index (Phi) is 9.14. The van der Waals surface area contributed by atoms with E-state index >= 15 is 0 Å². The fraction of sp³-hybridized carbons (Fsp3) is 0.433. The lowest BCUT2D eigenvalue weighted by Gasteiger charge is -2.53. The standard InChI is InChI=1S/C26H35N3O3.C4H4O4/c1-17-14-18(2)24(31)23-22(17)16-25(4,5)26(23,27-19(3)30)29-12-10-28(11-13-29)20-8-7-9-21(15-20)32-6;5-3(6)1-2-4(7)8/h7-9,14-15,31H,10-13,16H2,1-6H3,(H,27,30);1-2H,(H,5,6)(H,7,8). The van der Waals surface area contributed by atoms with Gasteiger partial charge in [0.1, 0.15) is 17.2 Å². The molecule has 1 unspecified atom stereocenters. The van der Waals surface area contributed by atoms with E-state index in [9.17, 15) is 19.5 Å². The van der Waals surface area contributed by atoms with Gasteiger partial charge >= 0.3 is 11.9 Å². The molecule has 1 amide bonds. The lowest BCUT2D eigenvalue weighted by Crippen LogP contribution is -2.67. The summed E-state index contributed by atoms with van der Waals surface area (Å²) < 4.78 is 5.40. The van der Waals surface area contributed by atoms with Gasteiger partial charge in [0.15, 0.2) is 0 Å². The molecule has 0 aromatic heterocycles. The second-order valence-corrected chi connectivity index (χ2v) is 10.9. The average molecular weight is 554 g/mol. The minimum Gasteiger partial charge on any atom is -0.507 e. The van der Waals surface area contributed by atoms with Crippen molar-refractivity contribution in [2.24, 2.45) is 5.41 Å². The molecule has 1 aliphatic heterocycles. The Morgan fingerprint density at radius 3 is 2.10 bits per heavy atom. The first kappa shape index (κ1) is 30.5. The predicted molar refractivity (Wildman–Crippen MR) is 152 cm³/mol. The summed E-state index contributed by atoms with van der Waals surface area (Å²) in [5.41, 5.74) is 4.16. The third kappa shape index (κ3) is 6.07. The van der Waals surface area contributed by atoms with E-state index in [1.807, 2.05) is 19.1 Å². The number of aryl methyl sites for hydroxylation is 2. The fourth-order valence-corrected chi connectivity index (χ4v) is 5.94. The highest BCUT2D eigenvalue weighted by atomic mass is 16.5. The van der Waals surface area contributed by atoms with Gasteiger partial charge in [-0.3, -0.25) is 9.69 Å². The SMILES string of the molecule is COc1cccc(N2CCN(C3(NC(C)=O)c4c(O)c(C)cc(C)c4CC3(C)C)CC2)c1.O=C(O)C=CC(=O)O. The molecule has 1 fully saturated rings. The van der Waals surface area contributed by atoms with Crippen LogP contribution in [0.1, 0.15) is 43.0 Å². The van der Waals surface area contributed by atoms with E-state index in [1.54, 1.807) is 14.0 Å². The highest BCUT2D eigenvalue weighted by molar-refractivity contribution is 5.89. The zero-order valence-corrected chi connectivity index (χ0v) is 23.9. The van der Waals surface area contributed by atoms with Crippen molar-refractivity contribution < 1.29 is 34.4 Å². The number of phenolic OH excluding ortho intramolecular Hbond substituents is 1. The number of piperazine rings is 1. The van der Waals surface area contributed by atoms with Gasteiger partial charge in [-0.25, -0.2) is 9.59 Å². The lowest BCUT2D eigenvalue weighted by molar-refractivity contribution is -0.134. The van der Waals surface area contributed by atoms with E-state index in [4.69, 9.17) is 14.9 Å². The number of phenols is 1. The Bertz CT molecular complexity index is 1300. The molecule has 4 rings (SSSR count). The van der Waals surface area contributed by atoms with E-state index in [-0.39, 0.29) is 11.3 Å². The van der Waals surface area contributed by atoms with E-state index in [2.05, 4.69) is 54.1 Å². The molecule has 2 aromatic rings. The molecule has 0 saturated carbocycles. The Labute approximate surface area is 234 Å². The van der Waals surface area contributed by atoms with Crippen LogP contribution in [0.4, 0.5) is 5.69 Å². The summed E-state index contributed by atoms with van der Waals surface area (Å²) in [6.07, 6.45) is 1.92. The normalized spacial score (nSPS) is 19.9. The Hall–Kier alpha value is -4.05. The summed E-state index contributed by atoms with van der Waals surface area (Å²) in [5, 5.41) is 30.2. The van der Waals surface area contributed by atoms with Gasteiger partial charge in [-0.15, -0.1) is 0 Å². The Balaban J connectivity index is 0.000000482. The number of aromatic hydroxyl groups is 1. The van der Waals surface area contributed by atoms with Crippen LogP contribution < -0.4 is 15.0 Å². The number of carboxylic acid groups (broad SMARTS) is 2. The molecular formula is C30H39N3O7. The van der Waals surface area contributed by atoms with E-state index in [1.165, 1.54) is 5.56 Å². The molecule has 0 radical (unpaired) electrons. The van der Waals surface area contributed by atoms with Crippen molar-refractivity contribution in [3.8, 4) is 11.5 Å². The smallest absolute Gasteiger partial charge is 0.328 e. The van der Waals surface area contributed by atoms with Crippen molar-refractivity contribution in [3.63, 3.8) is 0 Å². The number of hydrogen-bond acceptors (Lipinski definition) is 7. The van der Waals surface area contributed by atoms with Crippen molar-refractivity contribution in [2.45, 2.75) is 46.7 Å². The molecule has 10 nitrogen and oxygen atoms in total. The number of fused-ring (bicyclic) bond motifs is 1. The summed E-state index contributed by atoms with van der Waals surface area (Å²) in [7, 11) is 1.68. The summed E-state index contributed by atoms with van der Waals surface area (Å²) >= 11 is 0. The Morgan fingerprint density at radius 2 is 1.57 bits per heavy atom. The molecule has 1 aliphatic carbocycles. The third-order valence-corrected chi connectivity index (χ3v) is 7.68. The fourth-order valence-electron chi connectivity index (χ4n) is 5.94. The minimum absolute atomic E-state index is 0.0836. The number of nitrogens with one attached hydrogen (secondary N) is 1. The van der Waals surface area contributed by atoms with Gasteiger partial charge in [0.2, 0.25) is 5.91 Å². The molecule has 4 N–H and O–H groups in total. The first-order valence-electron chi connectivity index (χ1n) is 13.1. The molecule has 40 heavy (non-hydrogen) atoms. The number of ether oxygens (including phenoxy) is 1. The van der Waals surface area contributed by atoms with E-state index < -0.39 is 17.6 Å². The molecule has 1 heterocycles. The van der Waals surface area contributed by atoms with Gasteiger partial charge in [0.25, 0.3) is 0 Å². The van der Waals surface area contributed by atoms with Gasteiger partial charge in [0.05, 0.1) is 7.11 Å². The summed E-state index contributed by atoms with van der Waals surface area (Å²) in [6.45, 7) is 13.2. The Morgan fingerprint density at radius 1 is 0.975 bits per heavy atom. The van der Waals surface area contributed by atoms with Crippen molar-refractivity contribution >= 4 is 23.5 Å². The molecule has 10 heteroatoms. The number of hydrogen-bond donors (Lipinski definition) is 4. The van der Waals surface area contributed by atoms with Gasteiger partial charge in [-0.1, -0.05) is 26.0 Å². The largest absolute Gasteiger partial charge is 0.507 e. The third-order valence-electron chi connectivity index (χ3n) is 7.68. The highest BCUT2D eigenvalue weighted by Crippen LogP contribution is 2.56. The molecule has 0 bridgehead atoms. The van der Waals surface area contributed by atoms with Crippen molar-refractivity contribution in [3.05, 3.63) is 64.7 Å². The molecule has 0 spiro atoms. The second kappa shape index (κ2) is 12.0. The number of anilines is 1. The average Bonchev–Trinajstić information content (AvgIpc) is 3.14. The predicted octanol–water partition coefficient (Wildman–Crippen LogP) is 3.42. The van der Waals surface area contributed by atoms with Crippen LogP contribution in [0.5, 0.6) is 11.5 Å². The van der Waals surface area contributed by atoms with Crippen LogP contribution in [0.2, 0.25) is 0 Å². The van der Waals surface area contributed by atoms with E-state index in [0.29, 0.717) is 17.9 Å². The molecule has 1 atom stereocenters. The van der Waals surface area contributed by atoms with Crippen molar-refractivity contribution in [1.82, 2.24) is 10.2 Å². The van der Waals surface area contributed by atoms with Crippen molar-refractivity contribution in [1.29, 1.82) is 0 Å². The maximum Gasteiger partial charge on any atom is 0.328 e. The summed E-state index contributed by atoms with van der Waals surface area (Å²) in [5.74, 6) is -1.44. The quantitative estimate of drug-likeness (QED) is 0.396. The van der Waals surface area contributed by atoms with Crippen LogP contribution in [0.25, 0.3) is 0 Å². The maximum absolute atomic E-state index is 12.5. The lowest BCUT2D eigenvalue weighted by atomic mass is 9.77. The van der Waals surface area contributed by atoms with Crippen LogP contribution in [-0.2, 0) is 26.5 Å². The van der Waals surface area contributed by atoms with Gasteiger partial charge in [0, 0.05) is 68.0 Å². The molecule has 2 aromatic carbocycles. The summed E-state index contributed by atoms with van der Waals surface area (Å²) in [4.78, 5) is 36.4. The zero-order valence-electron chi connectivity index (χ0n) is 23.9. The maximum atomic E-state index is 12.5. The monoisotopic (exact) mass is 553 g/mol. The van der Waals surface area contributed by atoms with Gasteiger partial charge < -0.3 is 30.3 Å². The van der Waals surface area contributed by atoms with Crippen LogP contribution >= 0.6 is 0 Å². The molecule has 216 valence electrons. The van der Waals surface area contributed by atoms with E-state index in [0.717, 1.165) is 60.7 Å². The van der Waals surface area contributed by atoms with Crippen LogP contribution in [0.15, 0.2) is 42.5 Å². The first-order valence-corrected chi connectivity index (χ1v) is 13.1. The minimum atomic E-state index is -1.26. The topological polar surface area (TPSA) is 140 Å². The molecular weight excluding hydrogens is 514 g/mol. The number of rotatable bonds is 6. The number of nitrogens with zero attached hydrogens (tertiary/aromatic N) is 2. The van der Waals surface area contributed by atoms with Crippen molar-refractivity contribution in [2.75, 3.05) is 38.2 Å². The number of aliphatic carboxylic acids is 2. The second-order valence-electron chi connectivity index (χ2n) is 10.9. The number of benzene rings is 2. The number of carboxylic acids is 2. The highest BCUT2D eigenvalue weighted by Gasteiger charge is 2.58. The van der Waals surface area contributed by atoms with Gasteiger partial charge in [-0.05, 0) is 49.1 Å². The van der Waals surface area contributed by atoms with Crippen LogP contribution in [-0.4, -0.2) is 71.4 Å². The number of amides is 1.